The van der Waals surface area contributed by atoms with Crippen LogP contribution in [0.4, 0.5) is 0 Å². The number of aliphatic carboxylic acids is 1. The number of thiol groups is 1. The molecule has 0 aromatic heterocycles. The molecule has 1 rings (SSSR count). The third-order valence-corrected chi connectivity index (χ3v) is 2.30. The molecule has 0 aliphatic heterocycles. The average Bonchev–Trinajstić information content (AvgIpc) is 2.66. The van der Waals surface area contributed by atoms with Gasteiger partial charge < -0.3 is 10.2 Å². The summed E-state index contributed by atoms with van der Waals surface area (Å²) in [4.78, 5) is 9.00. The van der Waals surface area contributed by atoms with Crippen LogP contribution in [0.15, 0.2) is 0 Å². The fourth-order valence-electron chi connectivity index (χ4n) is 0.543. The van der Waals surface area contributed by atoms with Gasteiger partial charge in [0.25, 0.3) is 5.97 Å². The maximum Gasteiger partial charge on any atom is 0.300 e. The van der Waals surface area contributed by atoms with E-state index in [1.165, 1.54) is 12.8 Å². The highest BCUT2D eigenvalue weighted by Crippen LogP contribution is 2.45. The van der Waals surface area contributed by atoms with Gasteiger partial charge in [0, 0.05) is 18.9 Å². The van der Waals surface area contributed by atoms with Crippen LogP contribution in [0.3, 0.4) is 0 Å². The molecule has 0 bridgehead atoms. The number of carboxylic acid groups (broad SMARTS) is 1. The summed E-state index contributed by atoms with van der Waals surface area (Å²) in [7, 11) is 0. The maximum absolute atomic E-state index is 9.00. The lowest BCUT2D eigenvalue weighted by atomic mass is 10.2. The Hall–Kier alpha value is -0.220. The Labute approximate surface area is 71.8 Å². The SMILES string of the molecule is CC(=O)O.OCC1(CS)CC1. The quantitative estimate of drug-likeness (QED) is 0.548. The smallest absolute Gasteiger partial charge is 0.300 e. The predicted molar refractivity (Wildman–Crippen MR) is 45.9 cm³/mol. The molecule has 0 spiro atoms. The van der Waals surface area contributed by atoms with Gasteiger partial charge in [-0.2, -0.15) is 12.6 Å². The number of hydrogen-bond donors (Lipinski definition) is 3. The number of aliphatic hydroxyl groups is 1. The zero-order chi connectivity index (χ0) is 8.91. The van der Waals surface area contributed by atoms with E-state index in [-0.39, 0.29) is 5.41 Å². The first-order chi connectivity index (χ1) is 5.06. The molecule has 1 fully saturated rings. The third kappa shape index (κ3) is 5.09. The second-order valence-corrected chi connectivity index (χ2v) is 3.15. The first-order valence-corrected chi connectivity index (χ1v) is 4.11. The fraction of sp³-hybridized carbons (Fsp3) is 0.857. The van der Waals surface area contributed by atoms with E-state index in [0.29, 0.717) is 6.61 Å². The van der Waals surface area contributed by atoms with Crippen LogP contribution in [-0.4, -0.2) is 28.5 Å². The van der Waals surface area contributed by atoms with Gasteiger partial charge in [-0.25, -0.2) is 0 Å². The summed E-state index contributed by atoms with van der Waals surface area (Å²) >= 11 is 4.08. The van der Waals surface area contributed by atoms with Gasteiger partial charge in [-0.1, -0.05) is 0 Å². The minimum atomic E-state index is -0.833. The third-order valence-electron chi connectivity index (χ3n) is 1.63. The lowest BCUT2D eigenvalue weighted by molar-refractivity contribution is -0.134. The summed E-state index contributed by atoms with van der Waals surface area (Å²) in [5.41, 5.74) is 0.253. The van der Waals surface area contributed by atoms with Crippen molar-refractivity contribution in [2.45, 2.75) is 19.8 Å². The predicted octanol–water partition coefficient (Wildman–Crippen LogP) is 0.780. The van der Waals surface area contributed by atoms with Gasteiger partial charge in [0.1, 0.15) is 0 Å². The Morgan fingerprint density at radius 3 is 2.00 bits per heavy atom. The zero-order valence-electron chi connectivity index (χ0n) is 6.58. The molecule has 1 aliphatic rings. The fourth-order valence-corrected chi connectivity index (χ4v) is 0.959. The molecule has 0 aromatic carbocycles. The summed E-state index contributed by atoms with van der Waals surface area (Å²) in [6.07, 6.45) is 2.35. The van der Waals surface area contributed by atoms with Crippen molar-refractivity contribution in [1.29, 1.82) is 0 Å². The van der Waals surface area contributed by atoms with Crippen molar-refractivity contribution in [1.82, 2.24) is 0 Å². The van der Waals surface area contributed by atoms with Gasteiger partial charge in [-0.05, 0) is 18.6 Å². The molecule has 0 atom stereocenters. The summed E-state index contributed by atoms with van der Waals surface area (Å²) in [6, 6.07) is 0. The van der Waals surface area contributed by atoms with Crippen LogP contribution in [-0.2, 0) is 4.79 Å². The Balaban J connectivity index is 0.000000218. The van der Waals surface area contributed by atoms with E-state index in [0.717, 1.165) is 12.7 Å². The van der Waals surface area contributed by atoms with Crippen molar-refractivity contribution < 1.29 is 15.0 Å². The number of rotatable bonds is 2. The Kier molecular flexibility index (Phi) is 4.52. The van der Waals surface area contributed by atoms with Crippen molar-refractivity contribution in [3.8, 4) is 0 Å². The summed E-state index contributed by atoms with van der Waals surface area (Å²) < 4.78 is 0. The van der Waals surface area contributed by atoms with Crippen molar-refractivity contribution in [3.05, 3.63) is 0 Å². The first kappa shape index (κ1) is 10.8. The van der Waals surface area contributed by atoms with Crippen molar-refractivity contribution in [2.75, 3.05) is 12.4 Å². The Bertz CT molecular complexity index is 122. The maximum atomic E-state index is 9.00. The summed E-state index contributed by atoms with van der Waals surface area (Å²) in [6.45, 7) is 1.41. The second-order valence-electron chi connectivity index (χ2n) is 2.84. The van der Waals surface area contributed by atoms with Crippen LogP contribution < -0.4 is 0 Å². The molecular formula is C7H14O3S. The number of carboxylic acids is 1. The lowest BCUT2D eigenvalue weighted by Gasteiger charge is -2.03. The molecule has 2 N–H and O–H groups in total. The number of carbonyl (C=O) groups is 1. The highest BCUT2D eigenvalue weighted by molar-refractivity contribution is 7.80. The molecule has 0 saturated heterocycles. The molecule has 4 heteroatoms. The molecule has 0 aromatic rings. The van der Waals surface area contributed by atoms with E-state index in [1.807, 2.05) is 0 Å². The minimum Gasteiger partial charge on any atom is -0.481 e. The van der Waals surface area contributed by atoms with Crippen LogP contribution in [0.2, 0.25) is 0 Å². The molecule has 0 heterocycles. The van der Waals surface area contributed by atoms with Gasteiger partial charge in [0.15, 0.2) is 0 Å². The second kappa shape index (κ2) is 4.62. The normalized spacial score (nSPS) is 18.1. The van der Waals surface area contributed by atoms with Gasteiger partial charge >= 0.3 is 0 Å². The van der Waals surface area contributed by atoms with Crippen molar-refractivity contribution in [2.24, 2.45) is 5.41 Å². The minimum absolute atomic E-state index is 0.253. The van der Waals surface area contributed by atoms with Crippen LogP contribution in [0.1, 0.15) is 19.8 Å². The molecule has 0 unspecified atom stereocenters. The molecule has 11 heavy (non-hydrogen) atoms. The highest BCUT2D eigenvalue weighted by Gasteiger charge is 2.40. The average molecular weight is 178 g/mol. The van der Waals surface area contributed by atoms with E-state index in [9.17, 15) is 0 Å². The van der Waals surface area contributed by atoms with E-state index < -0.39 is 5.97 Å². The van der Waals surface area contributed by atoms with E-state index in [2.05, 4.69) is 12.6 Å². The summed E-state index contributed by atoms with van der Waals surface area (Å²) in [5, 5.41) is 16.0. The van der Waals surface area contributed by atoms with E-state index >= 15 is 0 Å². The van der Waals surface area contributed by atoms with Gasteiger partial charge in [0.05, 0.1) is 0 Å². The van der Waals surface area contributed by atoms with Gasteiger partial charge in [0.2, 0.25) is 0 Å². The molecule has 1 saturated carbocycles. The Morgan fingerprint density at radius 2 is 2.00 bits per heavy atom. The molecule has 0 radical (unpaired) electrons. The topological polar surface area (TPSA) is 57.5 Å². The van der Waals surface area contributed by atoms with Crippen molar-refractivity contribution >= 4 is 18.6 Å². The molecule has 3 nitrogen and oxygen atoms in total. The zero-order valence-corrected chi connectivity index (χ0v) is 7.47. The van der Waals surface area contributed by atoms with Crippen LogP contribution in [0, 0.1) is 5.41 Å². The highest BCUT2D eigenvalue weighted by atomic mass is 32.1. The van der Waals surface area contributed by atoms with Gasteiger partial charge in [-0.3, -0.25) is 4.79 Å². The van der Waals surface area contributed by atoms with Crippen LogP contribution in [0.25, 0.3) is 0 Å². The van der Waals surface area contributed by atoms with E-state index in [1.54, 1.807) is 0 Å². The lowest BCUT2D eigenvalue weighted by Crippen LogP contribution is -2.06. The summed E-state index contributed by atoms with van der Waals surface area (Å²) in [5.74, 6) is 0.0174. The van der Waals surface area contributed by atoms with Gasteiger partial charge in [-0.15, -0.1) is 0 Å². The molecular weight excluding hydrogens is 164 g/mol. The van der Waals surface area contributed by atoms with E-state index in [4.69, 9.17) is 15.0 Å². The van der Waals surface area contributed by atoms with Crippen LogP contribution in [0.5, 0.6) is 0 Å². The van der Waals surface area contributed by atoms with Crippen LogP contribution >= 0.6 is 12.6 Å². The Morgan fingerprint density at radius 1 is 1.64 bits per heavy atom. The number of hydrogen-bond acceptors (Lipinski definition) is 3. The van der Waals surface area contributed by atoms with Crippen molar-refractivity contribution in [3.63, 3.8) is 0 Å². The number of aliphatic hydroxyl groups excluding tert-OH is 1. The molecule has 1 aliphatic carbocycles. The molecule has 0 amide bonds. The standard InChI is InChI=1S/C5H10OS.C2H4O2/c6-3-5(4-7)1-2-5;1-2(3)4/h6-7H,1-4H2;1H3,(H,3,4). The monoisotopic (exact) mass is 178 g/mol. The first-order valence-electron chi connectivity index (χ1n) is 3.47. The largest absolute Gasteiger partial charge is 0.481 e. The molecule has 66 valence electrons.